The van der Waals surface area contributed by atoms with Crippen LogP contribution >= 0.6 is 12.2 Å². The van der Waals surface area contributed by atoms with Crippen molar-refractivity contribution < 1.29 is 4.79 Å². The van der Waals surface area contributed by atoms with E-state index in [9.17, 15) is 4.79 Å². The molecular weight excluding hydrogens is 318 g/mol. The molecule has 0 aliphatic heterocycles. The van der Waals surface area contributed by atoms with Crippen LogP contribution in [-0.4, -0.2) is 30.0 Å². The zero-order chi connectivity index (χ0) is 17.5. The summed E-state index contributed by atoms with van der Waals surface area (Å²) in [5, 5.41) is 7.07. The minimum Gasteiger partial charge on any atom is -0.356 e. The van der Waals surface area contributed by atoms with E-state index in [0.29, 0.717) is 10.7 Å². The van der Waals surface area contributed by atoms with Crippen LogP contribution in [0.1, 0.15) is 35.3 Å². The van der Waals surface area contributed by atoms with E-state index in [0.717, 1.165) is 12.1 Å². The Balaban J connectivity index is 1.98. The van der Waals surface area contributed by atoms with Crippen LogP contribution in [0, 0.1) is 0 Å². The lowest BCUT2D eigenvalue weighted by Crippen LogP contribution is -2.32. The number of carbonyl (C=O) groups excluding carboxylic acids is 1. The quantitative estimate of drug-likeness (QED) is 0.812. The first-order valence-corrected chi connectivity index (χ1v) is 8.36. The predicted octanol–water partition coefficient (Wildman–Crippen LogP) is 3.83. The normalized spacial score (nSPS) is 11.5. The number of nitrogens with zero attached hydrogens (tertiary/aromatic N) is 1. The van der Waals surface area contributed by atoms with E-state index in [2.05, 4.69) is 29.7 Å². The van der Waals surface area contributed by atoms with Gasteiger partial charge in [0.2, 0.25) is 0 Å². The lowest BCUT2D eigenvalue weighted by Gasteiger charge is -2.20. The van der Waals surface area contributed by atoms with Crippen molar-refractivity contribution in [3.8, 4) is 0 Å². The average Bonchev–Trinajstić information content (AvgIpc) is 2.60. The van der Waals surface area contributed by atoms with Gasteiger partial charge >= 0.3 is 0 Å². The lowest BCUT2D eigenvalue weighted by atomic mass is 10.1. The molecule has 4 nitrogen and oxygen atoms in total. The van der Waals surface area contributed by atoms with Crippen LogP contribution in [0.2, 0.25) is 0 Å². The van der Waals surface area contributed by atoms with E-state index in [1.54, 1.807) is 31.1 Å². The second-order valence-electron chi connectivity index (χ2n) is 5.75. The maximum atomic E-state index is 11.9. The summed E-state index contributed by atoms with van der Waals surface area (Å²) in [6, 6.07) is 17.7. The number of hydrogen-bond acceptors (Lipinski definition) is 2. The molecule has 0 saturated heterocycles. The maximum absolute atomic E-state index is 11.9. The molecule has 0 aliphatic rings. The van der Waals surface area contributed by atoms with Crippen molar-refractivity contribution in [3.63, 3.8) is 0 Å². The number of thiocarbonyl (C=S) groups is 1. The standard InChI is InChI=1S/C19H23N3OS/c1-4-17(14-8-6-5-7-9-14)21-19(24)20-16-12-10-15(11-13-16)18(23)22(2)3/h5-13,17H,4H2,1-3H3,(H2,20,21,24)/t17-/m0/s1. The molecule has 0 fully saturated rings. The SMILES string of the molecule is CC[C@H](NC(=S)Nc1ccc(C(=O)N(C)C)cc1)c1ccccc1. The molecule has 126 valence electrons. The van der Waals surface area contributed by atoms with Crippen LogP contribution in [0.4, 0.5) is 5.69 Å². The summed E-state index contributed by atoms with van der Waals surface area (Å²) >= 11 is 5.41. The van der Waals surface area contributed by atoms with Crippen molar-refractivity contribution >= 4 is 28.9 Å². The van der Waals surface area contributed by atoms with Gasteiger partial charge in [-0.1, -0.05) is 37.3 Å². The molecule has 1 atom stereocenters. The van der Waals surface area contributed by atoms with Gasteiger partial charge < -0.3 is 15.5 Å². The van der Waals surface area contributed by atoms with Crippen LogP contribution in [0.15, 0.2) is 54.6 Å². The largest absolute Gasteiger partial charge is 0.356 e. The lowest BCUT2D eigenvalue weighted by molar-refractivity contribution is 0.0827. The van der Waals surface area contributed by atoms with E-state index in [1.165, 1.54) is 5.56 Å². The van der Waals surface area contributed by atoms with E-state index in [-0.39, 0.29) is 11.9 Å². The van der Waals surface area contributed by atoms with Gasteiger partial charge in [-0.25, -0.2) is 0 Å². The summed E-state index contributed by atoms with van der Waals surface area (Å²) in [6.45, 7) is 2.12. The molecule has 0 heterocycles. The Bertz CT molecular complexity index is 684. The van der Waals surface area contributed by atoms with Gasteiger partial charge in [-0.05, 0) is 48.5 Å². The molecule has 0 saturated carbocycles. The van der Waals surface area contributed by atoms with Crippen molar-refractivity contribution in [2.75, 3.05) is 19.4 Å². The Labute approximate surface area is 148 Å². The number of carbonyl (C=O) groups is 1. The van der Waals surface area contributed by atoms with Crippen LogP contribution in [0.3, 0.4) is 0 Å². The van der Waals surface area contributed by atoms with Crippen molar-refractivity contribution in [3.05, 3.63) is 65.7 Å². The highest BCUT2D eigenvalue weighted by molar-refractivity contribution is 7.80. The summed E-state index contributed by atoms with van der Waals surface area (Å²) in [7, 11) is 3.48. The number of amides is 1. The van der Waals surface area contributed by atoms with Gasteiger partial charge in [-0.2, -0.15) is 0 Å². The fraction of sp³-hybridized carbons (Fsp3) is 0.263. The third-order valence-corrected chi connectivity index (χ3v) is 3.93. The van der Waals surface area contributed by atoms with Crippen LogP contribution in [0.25, 0.3) is 0 Å². The van der Waals surface area contributed by atoms with Gasteiger partial charge in [0.1, 0.15) is 0 Å². The number of hydrogen-bond donors (Lipinski definition) is 2. The van der Waals surface area contributed by atoms with E-state index in [1.807, 2.05) is 30.3 Å². The summed E-state index contributed by atoms with van der Waals surface area (Å²) in [5.74, 6) is -0.0163. The van der Waals surface area contributed by atoms with E-state index in [4.69, 9.17) is 12.2 Å². The Morgan fingerprint density at radius 3 is 2.25 bits per heavy atom. The van der Waals surface area contributed by atoms with Crippen molar-refractivity contribution in [2.24, 2.45) is 0 Å². The molecule has 5 heteroatoms. The Kier molecular flexibility index (Phi) is 6.32. The maximum Gasteiger partial charge on any atom is 0.253 e. The molecule has 0 radical (unpaired) electrons. The van der Waals surface area contributed by atoms with Gasteiger partial charge in [0.05, 0.1) is 6.04 Å². The van der Waals surface area contributed by atoms with Gasteiger partial charge in [0.15, 0.2) is 5.11 Å². The topological polar surface area (TPSA) is 44.4 Å². The summed E-state index contributed by atoms with van der Waals surface area (Å²) in [4.78, 5) is 13.4. The van der Waals surface area contributed by atoms with Crippen LogP contribution in [0.5, 0.6) is 0 Å². The number of anilines is 1. The molecule has 2 rings (SSSR count). The fourth-order valence-electron chi connectivity index (χ4n) is 2.39. The van der Waals surface area contributed by atoms with Crippen molar-refractivity contribution in [2.45, 2.75) is 19.4 Å². The Morgan fingerprint density at radius 1 is 1.08 bits per heavy atom. The van der Waals surface area contributed by atoms with E-state index < -0.39 is 0 Å². The number of rotatable bonds is 5. The summed E-state index contributed by atoms with van der Waals surface area (Å²) in [5.41, 5.74) is 2.71. The molecule has 0 aliphatic carbocycles. The number of nitrogens with one attached hydrogen (secondary N) is 2. The second kappa shape index (κ2) is 8.45. The van der Waals surface area contributed by atoms with E-state index >= 15 is 0 Å². The molecule has 0 spiro atoms. The highest BCUT2D eigenvalue weighted by Gasteiger charge is 2.11. The van der Waals surface area contributed by atoms with Gasteiger partial charge in [-0.15, -0.1) is 0 Å². The molecule has 0 bridgehead atoms. The van der Waals surface area contributed by atoms with Crippen LogP contribution < -0.4 is 10.6 Å². The minimum absolute atomic E-state index is 0.0163. The zero-order valence-electron chi connectivity index (χ0n) is 14.2. The monoisotopic (exact) mass is 341 g/mol. The molecule has 2 aromatic rings. The van der Waals surface area contributed by atoms with Crippen molar-refractivity contribution in [1.29, 1.82) is 0 Å². The third kappa shape index (κ3) is 4.80. The smallest absolute Gasteiger partial charge is 0.253 e. The molecule has 24 heavy (non-hydrogen) atoms. The highest BCUT2D eigenvalue weighted by atomic mass is 32.1. The third-order valence-electron chi connectivity index (χ3n) is 3.71. The summed E-state index contributed by atoms with van der Waals surface area (Å²) in [6.07, 6.45) is 0.933. The molecule has 2 aromatic carbocycles. The Morgan fingerprint density at radius 2 is 1.71 bits per heavy atom. The molecule has 0 aromatic heterocycles. The average molecular weight is 341 g/mol. The highest BCUT2D eigenvalue weighted by Crippen LogP contribution is 2.17. The zero-order valence-corrected chi connectivity index (χ0v) is 15.1. The molecule has 0 unspecified atom stereocenters. The molecule has 2 N–H and O–H groups in total. The predicted molar refractivity (Wildman–Crippen MR) is 103 cm³/mol. The van der Waals surface area contributed by atoms with Gasteiger partial charge in [0, 0.05) is 25.3 Å². The first-order chi connectivity index (χ1) is 11.5. The van der Waals surface area contributed by atoms with Gasteiger partial charge in [0.25, 0.3) is 5.91 Å². The molecular formula is C19H23N3OS. The van der Waals surface area contributed by atoms with Crippen molar-refractivity contribution in [1.82, 2.24) is 10.2 Å². The first kappa shape index (κ1) is 17.9. The fourth-order valence-corrected chi connectivity index (χ4v) is 2.65. The van der Waals surface area contributed by atoms with Crippen LogP contribution in [-0.2, 0) is 0 Å². The summed E-state index contributed by atoms with van der Waals surface area (Å²) < 4.78 is 0. The first-order valence-electron chi connectivity index (χ1n) is 7.95. The number of benzene rings is 2. The second-order valence-corrected chi connectivity index (χ2v) is 6.16. The van der Waals surface area contributed by atoms with Gasteiger partial charge in [-0.3, -0.25) is 4.79 Å². The molecule has 1 amide bonds. The minimum atomic E-state index is -0.0163. The Hall–Kier alpha value is -2.40.